The summed E-state index contributed by atoms with van der Waals surface area (Å²) in [4.78, 5) is 30.2. The van der Waals surface area contributed by atoms with E-state index in [1.807, 2.05) is 49.4 Å². The summed E-state index contributed by atoms with van der Waals surface area (Å²) in [5, 5.41) is 10.3. The van der Waals surface area contributed by atoms with Crippen LogP contribution >= 0.6 is 0 Å². The highest BCUT2D eigenvalue weighted by atomic mass is 16.2. The molecule has 1 aliphatic heterocycles. The van der Waals surface area contributed by atoms with E-state index in [9.17, 15) is 9.59 Å². The van der Waals surface area contributed by atoms with Crippen molar-refractivity contribution < 1.29 is 9.59 Å². The first-order valence-electron chi connectivity index (χ1n) is 11.9. The van der Waals surface area contributed by atoms with Gasteiger partial charge in [-0.05, 0) is 69.0 Å². The number of nitrogens with zero attached hydrogens (tertiary/aromatic N) is 1. The van der Waals surface area contributed by atoms with Gasteiger partial charge in [0, 0.05) is 24.2 Å². The Hall–Kier alpha value is -3.29. The first kappa shape index (κ1) is 23.9. The number of carbonyl (C=O) groups is 2. The van der Waals surface area contributed by atoms with Crippen LogP contribution in [-0.4, -0.2) is 48.5 Å². The fourth-order valence-corrected chi connectivity index (χ4v) is 4.39. The van der Waals surface area contributed by atoms with Gasteiger partial charge in [-0.2, -0.15) is 0 Å². The van der Waals surface area contributed by atoms with E-state index in [1.54, 1.807) is 6.20 Å². The third-order valence-corrected chi connectivity index (χ3v) is 6.45. The lowest BCUT2D eigenvalue weighted by Gasteiger charge is -2.21. The van der Waals surface area contributed by atoms with Gasteiger partial charge >= 0.3 is 0 Å². The molecule has 0 aliphatic carbocycles. The topological polar surface area (TPSA) is 109 Å². The van der Waals surface area contributed by atoms with Gasteiger partial charge in [0.1, 0.15) is 0 Å². The summed E-state index contributed by atoms with van der Waals surface area (Å²) in [6.07, 6.45) is 3.86. The van der Waals surface area contributed by atoms with E-state index in [2.05, 4.69) is 33.1 Å². The Morgan fingerprint density at radius 1 is 1.18 bits per heavy atom. The molecule has 4 rings (SSSR count). The number of pyridine rings is 1. The molecule has 1 aromatic heterocycles. The SMILES string of the molecule is Cc1ccc2ncc(C(=O)N[C@H](CCc3ccccc3)CNC(=O)[C@H]3C[C@H](CN)CN3)cc2c1. The van der Waals surface area contributed by atoms with Crippen molar-refractivity contribution in [1.82, 2.24) is 20.9 Å². The van der Waals surface area contributed by atoms with E-state index < -0.39 is 0 Å². The van der Waals surface area contributed by atoms with Gasteiger partial charge in [0.05, 0.1) is 17.1 Å². The first-order chi connectivity index (χ1) is 16.5. The number of aryl methyl sites for hydroxylation is 2. The monoisotopic (exact) mass is 459 g/mol. The van der Waals surface area contributed by atoms with Gasteiger partial charge in [-0.3, -0.25) is 14.6 Å². The van der Waals surface area contributed by atoms with Crippen molar-refractivity contribution in [2.24, 2.45) is 11.7 Å². The Balaban J connectivity index is 1.42. The Kier molecular flexibility index (Phi) is 7.87. The maximum Gasteiger partial charge on any atom is 0.253 e. The summed E-state index contributed by atoms with van der Waals surface area (Å²) in [7, 11) is 0. The molecule has 2 heterocycles. The van der Waals surface area contributed by atoms with Crippen LogP contribution in [0.5, 0.6) is 0 Å². The number of amides is 2. The average Bonchev–Trinajstić information content (AvgIpc) is 3.35. The van der Waals surface area contributed by atoms with Crippen LogP contribution in [0.2, 0.25) is 0 Å². The number of nitrogens with two attached hydrogens (primary N) is 1. The number of benzene rings is 2. The normalized spacial score (nSPS) is 18.5. The molecule has 7 heteroatoms. The molecule has 7 nitrogen and oxygen atoms in total. The van der Waals surface area contributed by atoms with Crippen LogP contribution in [-0.2, 0) is 11.2 Å². The van der Waals surface area contributed by atoms with E-state index in [1.165, 1.54) is 5.56 Å². The van der Waals surface area contributed by atoms with E-state index in [4.69, 9.17) is 5.73 Å². The summed E-state index contributed by atoms with van der Waals surface area (Å²) < 4.78 is 0. The molecule has 0 saturated carbocycles. The zero-order valence-electron chi connectivity index (χ0n) is 19.6. The van der Waals surface area contributed by atoms with E-state index >= 15 is 0 Å². The first-order valence-corrected chi connectivity index (χ1v) is 11.9. The second-order valence-electron chi connectivity index (χ2n) is 9.16. The molecule has 5 N–H and O–H groups in total. The van der Waals surface area contributed by atoms with Gasteiger partial charge in [0.2, 0.25) is 5.91 Å². The second-order valence-corrected chi connectivity index (χ2v) is 9.16. The average molecular weight is 460 g/mol. The highest BCUT2D eigenvalue weighted by Crippen LogP contribution is 2.16. The highest BCUT2D eigenvalue weighted by molar-refractivity contribution is 5.97. The van der Waals surface area contributed by atoms with Crippen LogP contribution in [0.1, 0.15) is 34.3 Å². The second kappa shape index (κ2) is 11.2. The minimum absolute atomic E-state index is 0.0437. The van der Waals surface area contributed by atoms with Crippen molar-refractivity contribution >= 4 is 22.7 Å². The minimum atomic E-state index is -0.230. The fraction of sp³-hybridized carbons (Fsp3) is 0.370. The molecule has 1 saturated heterocycles. The largest absolute Gasteiger partial charge is 0.353 e. The van der Waals surface area contributed by atoms with Crippen LogP contribution in [0.15, 0.2) is 60.8 Å². The number of hydrogen-bond donors (Lipinski definition) is 4. The third kappa shape index (κ3) is 6.18. The van der Waals surface area contributed by atoms with Crippen molar-refractivity contribution in [1.29, 1.82) is 0 Å². The van der Waals surface area contributed by atoms with Crippen molar-refractivity contribution in [3.8, 4) is 0 Å². The molecule has 3 aromatic rings. The molecule has 34 heavy (non-hydrogen) atoms. The lowest BCUT2D eigenvalue weighted by atomic mass is 10.0. The number of rotatable bonds is 9. The molecule has 2 aromatic carbocycles. The molecule has 178 valence electrons. The van der Waals surface area contributed by atoms with Crippen LogP contribution in [0.3, 0.4) is 0 Å². The number of hydrogen-bond acceptors (Lipinski definition) is 5. The zero-order chi connectivity index (χ0) is 23.9. The van der Waals surface area contributed by atoms with Crippen LogP contribution in [0, 0.1) is 12.8 Å². The van der Waals surface area contributed by atoms with Gasteiger partial charge < -0.3 is 21.7 Å². The zero-order valence-corrected chi connectivity index (χ0v) is 19.6. The molecule has 1 fully saturated rings. The van der Waals surface area contributed by atoms with Gasteiger partial charge in [-0.15, -0.1) is 0 Å². The molecule has 0 spiro atoms. The summed E-state index contributed by atoms with van der Waals surface area (Å²) in [6, 6.07) is 17.6. The van der Waals surface area contributed by atoms with Gasteiger partial charge in [-0.1, -0.05) is 42.0 Å². The molecule has 2 amide bonds. The summed E-state index contributed by atoms with van der Waals surface area (Å²) in [5.41, 5.74) is 9.42. The predicted octanol–water partition coefficient (Wildman–Crippen LogP) is 2.33. The van der Waals surface area contributed by atoms with Crippen molar-refractivity contribution in [3.63, 3.8) is 0 Å². The molecular formula is C27H33N5O2. The predicted molar refractivity (Wildman–Crippen MR) is 134 cm³/mol. The fourth-order valence-electron chi connectivity index (χ4n) is 4.39. The maximum absolute atomic E-state index is 13.1. The van der Waals surface area contributed by atoms with Gasteiger partial charge in [0.15, 0.2) is 0 Å². The highest BCUT2D eigenvalue weighted by Gasteiger charge is 2.28. The summed E-state index contributed by atoms with van der Waals surface area (Å²) in [5.74, 6) is 0.0940. The summed E-state index contributed by atoms with van der Waals surface area (Å²) in [6.45, 7) is 3.72. The van der Waals surface area contributed by atoms with Crippen molar-refractivity contribution in [2.75, 3.05) is 19.6 Å². The maximum atomic E-state index is 13.1. The standard InChI is InChI=1S/C27H33N5O2/c1-18-7-10-24-21(11-18)13-22(16-30-24)26(33)32-23(9-8-19-5-3-2-4-6-19)17-31-27(34)25-12-20(14-28)15-29-25/h2-7,10-11,13,16,20,23,25,29H,8-9,12,14-15,17,28H2,1H3,(H,31,34)(H,32,33)/t20-,23-,25-/m1/s1. The van der Waals surface area contributed by atoms with Crippen molar-refractivity contribution in [2.45, 2.75) is 38.3 Å². The minimum Gasteiger partial charge on any atom is -0.353 e. The number of nitrogens with one attached hydrogen (secondary N) is 3. The quantitative estimate of drug-likeness (QED) is 0.393. The number of aromatic nitrogens is 1. The van der Waals surface area contributed by atoms with Crippen LogP contribution < -0.4 is 21.7 Å². The van der Waals surface area contributed by atoms with Gasteiger partial charge in [0.25, 0.3) is 5.91 Å². The molecule has 0 radical (unpaired) electrons. The lowest BCUT2D eigenvalue weighted by Crippen LogP contribution is -2.48. The number of fused-ring (bicyclic) bond motifs is 1. The molecular weight excluding hydrogens is 426 g/mol. The number of carbonyl (C=O) groups excluding carboxylic acids is 2. The van der Waals surface area contributed by atoms with E-state index in [0.717, 1.165) is 35.9 Å². The van der Waals surface area contributed by atoms with Crippen molar-refractivity contribution in [3.05, 3.63) is 77.5 Å². The van der Waals surface area contributed by atoms with Crippen LogP contribution in [0.4, 0.5) is 0 Å². The molecule has 0 bridgehead atoms. The molecule has 3 atom stereocenters. The Bertz CT molecular complexity index is 1130. The molecule has 0 unspecified atom stereocenters. The third-order valence-electron chi connectivity index (χ3n) is 6.45. The van der Waals surface area contributed by atoms with E-state index in [0.29, 0.717) is 31.0 Å². The molecule has 1 aliphatic rings. The Morgan fingerprint density at radius 3 is 2.76 bits per heavy atom. The van der Waals surface area contributed by atoms with Crippen LogP contribution in [0.25, 0.3) is 10.9 Å². The smallest absolute Gasteiger partial charge is 0.253 e. The van der Waals surface area contributed by atoms with Gasteiger partial charge in [-0.25, -0.2) is 0 Å². The summed E-state index contributed by atoms with van der Waals surface area (Å²) >= 11 is 0. The lowest BCUT2D eigenvalue weighted by molar-refractivity contribution is -0.122. The Labute approximate surface area is 200 Å². The van der Waals surface area contributed by atoms with E-state index in [-0.39, 0.29) is 23.9 Å². The Morgan fingerprint density at radius 2 is 2.00 bits per heavy atom.